The maximum Gasteiger partial charge on any atom is 0.277 e. The lowest BCUT2D eigenvalue weighted by atomic mass is 10.3. The van der Waals surface area contributed by atoms with Gasteiger partial charge in [-0.3, -0.25) is 4.79 Å². The number of benzene rings is 1. The van der Waals surface area contributed by atoms with Crippen LogP contribution in [-0.4, -0.2) is 27.0 Å². The smallest absolute Gasteiger partial charge is 0.277 e. The van der Waals surface area contributed by atoms with Crippen molar-refractivity contribution in [1.82, 2.24) is 15.4 Å². The van der Waals surface area contributed by atoms with Crippen LogP contribution >= 0.6 is 27.7 Å². The molecule has 0 bridgehead atoms. The van der Waals surface area contributed by atoms with E-state index in [1.54, 1.807) is 13.0 Å². The van der Waals surface area contributed by atoms with Crippen LogP contribution in [0.4, 0.5) is 5.69 Å². The number of thioether (sulfide) groups is 1. The van der Waals surface area contributed by atoms with Crippen LogP contribution in [0.2, 0.25) is 0 Å². The summed E-state index contributed by atoms with van der Waals surface area (Å²) in [6.07, 6.45) is 0. The number of aryl methyl sites for hydroxylation is 1. The van der Waals surface area contributed by atoms with Crippen molar-refractivity contribution in [3.05, 3.63) is 40.6 Å². The lowest BCUT2D eigenvalue weighted by Gasteiger charge is -2.03. The predicted molar refractivity (Wildman–Crippen MR) is 88.0 cm³/mol. The number of anilines is 1. The number of rotatable bonds is 5. The molecule has 9 heteroatoms. The number of carbonyl (C=O) groups is 1. The van der Waals surface area contributed by atoms with Crippen molar-refractivity contribution < 1.29 is 13.7 Å². The Morgan fingerprint density at radius 3 is 2.78 bits per heavy atom. The fourth-order valence-corrected chi connectivity index (χ4v) is 2.52. The van der Waals surface area contributed by atoms with Gasteiger partial charge >= 0.3 is 0 Å². The molecule has 0 fully saturated rings. The summed E-state index contributed by atoms with van der Waals surface area (Å²) in [5, 5.41) is 14.6. The van der Waals surface area contributed by atoms with Gasteiger partial charge in [-0.25, -0.2) is 0 Å². The van der Waals surface area contributed by atoms with Crippen LogP contribution < -0.4 is 5.32 Å². The number of aromatic nitrogens is 3. The first-order chi connectivity index (χ1) is 11.1. The largest absolute Gasteiger partial charge is 0.409 e. The lowest BCUT2D eigenvalue weighted by molar-refractivity contribution is -0.113. The Morgan fingerprint density at radius 2 is 2.09 bits per heavy atom. The van der Waals surface area contributed by atoms with Gasteiger partial charge in [-0.05, 0) is 31.2 Å². The first-order valence-electron chi connectivity index (χ1n) is 6.55. The molecule has 0 aliphatic heterocycles. The molecule has 0 saturated carbocycles. The summed E-state index contributed by atoms with van der Waals surface area (Å²) < 4.78 is 11.3. The van der Waals surface area contributed by atoms with E-state index in [4.69, 9.17) is 8.94 Å². The van der Waals surface area contributed by atoms with Gasteiger partial charge < -0.3 is 14.3 Å². The predicted octanol–water partition coefficient (Wildman–Crippen LogP) is 3.53. The summed E-state index contributed by atoms with van der Waals surface area (Å²) in [7, 11) is 0. The van der Waals surface area contributed by atoms with E-state index < -0.39 is 0 Å². The average Bonchev–Trinajstić information content (AvgIpc) is 3.16. The third-order valence-electron chi connectivity index (χ3n) is 2.71. The molecule has 0 atom stereocenters. The molecule has 3 aromatic rings. The first-order valence-corrected chi connectivity index (χ1v) is 8.33. The minimum Gasteiger partial charge on any atom is -0.409 e. The zero-order valence-electron chi connectivity index (χ0n) is 11.9. The maximum atomic E-state index is 11.9. The fourth-order valence-electron chi connectivity index (χ4n) is 1.70. The van der Waals surface area contributed by atoms with Crippen molar-refractivity contribution in [2.75, 3.05) is 11.1 Å². The number of carbonyl (C=O) groups excluding carboxylic acids is 1. The minimum atomic E-state index is -0.158. The second-order valence-electron chi connectivity index (χ2n) is 4.54. The van der Waals surface area contributed by atoms with Crippen molar-refractivity contribution in [3.8, 4) is 11.6 Å². The number of nitrogens with one attached hydrogen (secondary N) is 1. The molecule has 0 spiro atoms. The Morgan fingerprint density at radius 1 is 1.30 bits per heavy atom. The lowest BCUT2D eigenvalue weighted by Crippen LogP contribution is -2.13. The van der Waals surface area contributed by atoms with Crippen LogP contribution in [0.3, 0.4) is 0 Å². The maximum absolute atomic E-state index is 11.9. The summed E-state index contributed by atoms with van der Waals surface area (Å²) in [5.41, 5.74) is 1.20. The highest BCUT2D eigenvalue weighted by Gasteiger charge is 2.14. The highest BCUT2D eigenvalue weighted by molar-refractivity contribution is 9.10. The molecule has 0 aliphatic carbocycles. The molecule has 2 aromatic heterocycles. The van der Waals surface area contributed by atoms with Gasteiger partial charge in [0.05, 0.1) is 5.75 Å². The van der Waals surface area contributed by atoms with Crippen molar-refractivity contribution in [2.45, 2.75) is 12.1 Å². The van der Waals surface area contributed by atoms with Crippen LogP contribution in [0.1, 0.15) is 5.76 Å². The number of halogens is 1. The molecule has 0 unspecified atom stereocenters. The molecule has 1 amide bonds. The van der Waals surface area contributed by atoms with Gasteiger partial charge in [0.15, 0.2) is 5.69 Å². The Kier molecular flexibility index (Phi) is 4.77. The van der Waals surface area contributed by atoms with Gasteiger partial charge in [0.2, 0.25) is 5.91 Å². The Bertz CT molecular complexity index is 816. The zero-order valence-corrected chi connectivity index (χ0v) is 14.3. The van der Waals surface area contributed by atoms with Gasteiger partial charge in [-0.15, -0.1) is 10.2 Å². The van der Waals surface area contributed by atoms with Crippen LogP contribution in [0, 0.1) is 6.92 Å². The highest BCUT2D eigenvalue weighted by Crippen LogP contribution is 2.23. The normalized spacial score (nSPS) is 10.7. The van der Waals surface area contributed by atoms with Crippen LogP contribution in [0.25, 0.3) is 11.6 Å². The van der Waals surface area contributed by atoms with Gasteiger partial charge in [-0.2, -0.15) is 0 Å². The molecule has 2 heterocycles. The molecule has 3 rings (SSSR count). The SMILES string of the molecule is Cc1cc(-c2nnc(SCC(=O)Nc3ccc(Br)cc3)o2)no1. The topological polar surface area (TPSA) is 94.1 Å². The second-order valence-corrected chi connectivity index (χ2v) is 6.38. The first kappa shape index (κ1) is 15.8. The van der Waals surface area contributed by atoms with Crippen molar-refractivity contribution in [1.29, 1.82) is 0 Å². The van der Waals surface area contributed by atoms with Gasteiger partial charge in [-0.1, -0.05) is 32.8 Å². The van der Waals surface area contributed by atoms with E-state index >= 15 is 0 Å². The number of hydrogen-bond donors (Lipinski definition) is 1. The van der Waals surface area contributed by atoms with E-state index in [9.17, 15) is 4.79 Å². The second kappa shape index (κ2) is 6.97. The van der Waals surface area contributed by atoms with Crippen LogP contribution in [-0.2, 0) is 4.79 Å². The third kappa shape index (κ3) is 4.20. The number of amides is 1. The Labute approximate surface area is 144 Å². The fraction of sp³-hybridized carbons (Fsp3) is 0.143. The van der Waals surface area contributed by atoms with E-state index in [0.29, 0.717) is 16.7 Å². The van der Waals surface area contributed by atoms with Gasteiger partial charge in [0.1, 0.15) is 5.76 Å². The van der Waals surface area contributed by atoms with Crippen molar-refractivity contribution in [3.63, 3.8) is 0 Å². The minimum absolute atomic E-state index is 0.158. The summed E-state index contributed by atoms with van der Waals surface area (Å²) in [4.78, 5) is 11.9. The van der Waals surface area contributed by atoms with E-state index in [-0.39, 0.29) is 17.6 Å². The molecular weight excluding hydrogens is 384 g/mol. The summed E-state index contributed by atoms with van der Waals surface area (Å²) in [6.45, 7) is 1.77. The molecule has 7 nitrogen and oxygen atoms in total. The highest BCUT2D eigenvalue weighted by atomic mass is 79.9. The molecule has 0 saturated heterocycles. The zero-order chi connectivity index (χ0) is 16.2. The van der Waals surface area contributed by atoms with E-state index in [2.05, 4.69) is 36.6 Å². The molecule has 118 valence electrons. The average molecular weight is 395 g/mol. The van der Waals surface area contributed by atoms with Crippen molar-refractivity contribution in [2.24, 2.45) is 0 Å². The third-order valence-corrected chi connectivity index (χ3v) is 4.06. The van der Waals surface area contributed by atoms with Gasteiger partial charge in [0.25, 0.3) is 11.1 Å². The Hall–Kier alpha value is -2.13. The standard InChI is InChI=1S/C14H11BrN4O3S/c1-8-6-11(19-22-8)13-17-18-14(21-13)23-7-12(20)16-10-4-2-9(15)3-5-10/h2-6H,7H2,1H3,(H,16,20). The van der Waals surface area contributed by atoms with Gasteiger partial charge in [0, 0.05) is 16.2 Å². The summed E-state index contributed by atoms with van der Waals surface area (Å²) in [6, 6.07) is 9.02. The molecule has 1 N–H and O–H groups in total. The van der Waals surface area contributed by atoms with E-state index in [1.165, 1.54) is 0 Å². The number of nitrogens with zero attached hydrogens (tertiary/aromatic N) is 3. The van der Waals surface area contributed by atoms with Crippen LogP contribution in [0.5, 0.6) is 0 Å². The Balaban J connectivity index is 1.55. The molecular formula is C14H11BrN4O3S. The molecule has 23 heavy (non-hydrogen) atoms. The summed E-state index contributed by atoms with van der Waals surface area (Å²) in [5.74, 6) is 0.920. The molecule has 0 aliphatic rings. The molecule has 0 radical (unpaired) electrons. The quantitative estimate of drug-likeness (QED) is 0.661. The monoisotopic (exact) mass is 394 g/mol. The van der Waals surface area contributed by atoms with E-state index in [0.717, 1.165) is 21.9 Å². The number of hydrogen-bond acceptors (Lipinski definition) is 7. The van der Waals surface area contributed by atoms with Crippen LogP contribution in [0.15, 0.2) is 49.0 Å². The van der Waals surface area contributed by atoms with Crippen molar-refractivity contribution >= 4 is 39.3 Å². The molecule has 1 aromatic carbocycles. The van der Waals surface area contributed by atoms with E-state index in [1.807, 2.05) is 24.3 Å². The summed E-state index contributed by atoms with van der Waals surface area (Å²) >= 11 is 4.49.